The summed E-state index contributed by atoms with van der Waals surface area (Å²) in [7, 11) is 1.74. The molecule has 92 valence electrons. The fourth-order valence-electron chi connectivity index (χ4n) is 1.28. The minimum absolute atomic E-state index is 0.265. The van der Waals surface area contributed by atoms with E-state index in [-0.39, 0.29) is 5.82 Å². The minimum atomic E-state index is -0.845. The first-order valence-electron chi connectivity index (χ1n) is 5.36. The molecule has 0 bridgehead atoms. The van der Waals surface area contributed by atoms with Crippen molar-refractivity contribution >= 4 is 12.0 Å². The predicted molar refractivity (Wildman–Crippen MR) is 65.2 cm³/mol. The summed E-state index contributed by atoms with van der Waals surface area (Å²) in [6.07, 6.45) is 3.69. The minimum Gasteiger partial charge on any atom is -0.480 e. The molecule has 1 aromatic rings. The van der Waals surface area contributed by atoms with Gasteiger partial charge in [-0.05, 0) is 31.7 Å². The lowest BCUT2D eigenvalue weighted by atomic mass is 10.2. The van der Waals surface area contributed by atoms with Crippen molar-refractivity contribution < 1.29 is 14.3 Å². The van der Waals surface area contributed by atoms with E-state index in [4.69, 9.17) is 5.11 Å². The maximum atomic E-state index is 12.6. The maximum absolute atomic E-state index is 12.6. The van der Waals surface area contributed by atoms with Crippen molar-refractivity contribution in [2.45, 2.75) is 13.0 Å². The number of rotatable bonds is 5. The molecule has 0 saturated heterocycles. The van der Waals surface area contributed by atoms with E-state index in [1.165, 1.54) is 12.1 Å². The number of likely N-dealkylation sites (N-methyl/N-ethyl adjacent to an activating group) is 1. The second kappa shape index (κ2) is 6.15. The van der Waals surface area contributed by atoms with Gasteiger partial charge in [0.05, 0.1) is 0 Å². The smallest absolute Gasteiger partial charge is 0.320 e. The molecular formula is C13H16FNO2. The highest BCUT2D eigenvalue weighted by atomic mass is 19.1. The monoisotopic (exact) mass is 237 g/mol. The number of nitrogens with zero attached hydrogens (tertiary/aromatic N) is 1. The van der Waals surface area contributed by atoms with E-state index in [0.717, 1.165) is 5.56 Å². The Morgan fingerprint density at radius 3 is 2.59 bits per heavy atom. The lowest BCUT2D eigenvalue weighted by Crippen LogP contribution is -2.35. The molecule has 1 unspecified atom stereocenters. The molecule has 0 aliphatic rings. The van der Waals surface area contributed by atoms with Crippen LogP contribution < -0.4 is 0 Å². The number of hydrogen-bond donors (Lipinski definition) is 1. The van der Waals surface area contributed by atoms with Crippen LogP contribution in [0.25, 0.3) is 6.08 Å². The van der Waals surface area contributed by atoms with Gasteiger partial charge in [0.25, 0.3) is 0 Å². The van der Waals surface area contributed by atoms with Gasteiger partial charge in [0.15, 0.2) is 0 Å². The molecule has 17 heavy (non-hydrogen) atoms. The van der Waals surface area contributed by atoms with Crippen LogP contribution in [0.4, 0.5) is 4.39 Å². The summed E-state index contributed by atoms with van der Waals surface area (Å²) in [6.45, 7) is 2.17. The number of hydrogen-bond acceptors (Lipinski definition) is 2. The van der Waals surface area contributed by atoms with Crippen molar-refractivity contribution in [3.8, 4) is 0 Å². The van der Waals surface area contributed by atoms with E-state index in [1.807, 2.05) is 12.2 Å². The first-order valence-corrected chi connectivity index (χ1v) is 5.36. The van der Waals surface area contributed by atoms with E-state index in [1.54, 1.807) is 31.0 Å². The summed E-state index contributed by atoms with van der Waals surface area (Å²) >= 11 is 0. The van der Waals surface area contributed by atoms with Crippen LogP contribution in [0.2, 0.25) is 0 Å². The van der Waals surface area contributed by atoms with Gasteiger partial charge in [0, 0.05) is 6.54 Å². The molecule has 0 aromatic heterocycles. The normalized spacial score (nSPS) is 13.2. The third-order valence-corrected chi connectivity index (χ3v) is 2.59. The van der Waals surface area contributed by atoms with Gasteiger partial charge < -0.3 is 5.11 Å². The molecule has 3 nitrogen and oxygen atoms in total. The van der Waals surface area contributed by atoms with Crippen LogP contribution in [0, 0.1) is 5.82 Å². The Morgan fingerprint density at radius 1 is 1.47 bits per heavy atom. The van der Waals surface area contributed by atoms with Gasteiger partial charge in [-0.1, -0.05) is 24.3 Å². The molecular weight excluding hydrogens is 221 g/mol. The van der Waals surface area contributed by atoms with Gasteiger partial charge in [0.1, 0.15) is 11.9 Å². The SMILES string of the molecule is CC(C(=O)O)N(C)C/C=C/c1ccc(F)cc1. The van der Waals surface area contributed by atoms with Gasteiger partial charge in [-0.15, -0.1) is 0 Å². The highest BCUT2D eigenvalue weighted by molar-refractivity contribution is 5.72. The standard InChI is InChI=1S/C13H16FNO2/c1-10(13(16)17)15(2)9-3-4-11-5-7-12(14)8-6-11/h3-8,10H,9H2,1-2H3,(H,16,17)/b4-3+. The van der Waals surface area contributed by atoms with Crippen molar-refractivity contribution in [1.82, 2.24) is 4.90 Å². The van der Waals surface area contributed by atoms with Crippen LogP contribution in [-0.4, -0.2) is 35.6 Å². The van der Waals surface area contributed by atoms with Gasteiger partial charge in [-0.25, -0.2) is 4.39 Å². The lowest BCUT2D eigenvalue weighted by molar-refractivity contribution is -0.141. The summed E-state index contributed by atoms with van der Waals surface area (Å²) in [6, 6.07) is 5.61. The van der Waals surface area contributed by atoms with Crippen LogP contribution in [0.5, 0.6) is 0 Å². The average Bonchev–Trinajstić information content (AvgIpc) is 2.30. The van der Waals surface area contributed by atoms with Crippen molar-refractivity contribution in [1.29, 1.82) is 0 Å². The fourth-order valence-corrected chi connectivity index (χ4v) is 1.28. The summed E-state index contributed by atoms with van der Waals surface area (Å²) in [4.78, 5) is 12.4. The Morgan fingerprint density at radius 2 is 2.06 bits per heavy atom. The van der Waals surface area contributed by atoms with E-state index < -0.39 is 12.0 Å². The topological polar surface area (TPSA) is 40.5 Å². The Balaban J connectivity index is 2.50. The van der Waals surface area contributed by atoms with E-state index in [9.17, 15) is 9.18 Å². The van der Waals surface area contributed by atoms with Gasteiger partial charge >= 0.3 is 5.97 Å². The van der Waals surface area contributed by atoms with Crippen molar-refractivity contribution in [3.63, 3.8) is 0 Å². The lowest BCUT2D eigenvalue weighted by Gasteiger charge is -2.18. The average molecular weight is 237 g/mol. The Bertz CT molecular complexity index is 400. The van der Waals surface area contributed by atoms with Gasteiger partial charge in [-0.2, -0.15) is 0 Å². The highest BCUT2D eigenvalue weighted by Gasteiger charge is 2.14. The van der Waals surface area contributed by atoms with Crippen LogP contribution in [0.15, 0.2) is 30.3 Å². The molecule has 0 radical (unpaired) electrons. The Kier molecular flexibility index (Phi) is 4.84. The van der Waals surface area contributed by atoms with Crippen LogP contribution in [0.3, 0.4) is 0 Å². The summed E-state index contributed by atoms with van der Waals surface area (Å²) in [5, 5.41) is 8.79. The van der Waals surface area contributed by atoms with Crippen molar-refractivity contribution in [2.24, 2.45) is 0 Å². The van der Waals surface area contributed by atoms with Crippen LogP contribution >= 0.6 is 0 Å². The van der Waals surface area contributed by atoms with Crippen LogP contribution in [0.1, 0.15) is 12.5 Å². The molecule has 0 amide bonds. The number of carboxylic acids is 1. The summed E-state index contributed by atoms with van der Waals surface area (Å²) < 4.78 is 12.6. The quantitative estimate of drug-likeness (QED) is 0.853. The van der Waals surface area contributed by atoms with Gasteiger partial charge in [-0.3, -0.25) is 9.69 Å². The zero-order valence-corrected chi connectivity index (χ0v) is 9.93. The molecule has 0 fully saturated rings. The number of carboxylic acid groups (broad SMARTS) is 1. The Hall–Kier alpha value is -1.68. The maximum Gasteiger partial charge on any atom is 0.320 e. The van der Waals surface area contributed by atoms with E-state index in [0.29, 0.717) is 6.54 Å². The van der Waals surface area contributed by atoms with E-state index >= 15 is 0 Å². The second-order valence-electron chi connectivity index (χ2n) is 3.91. The summed E-state index contributed by atoms with van der Waals surface area (Å²) in [5.74, 6) is -1.11. The van der Waals surface area contributed by atoms with Crippen molar-refractivity contribution in [3.05, 3.63) is 41.7 Å². The fraction of sp³-hybridized carbons (Fsp3) is 0.308. The predicted octanol–water partition coefficient (Wildman–Crippen LogP) is 2.24. The number of halogens is 1. The molecule has 1 aromatic carbocycles. The molecule has 1 N–H and O–H groups in total. The largest absolute Gasteiger partial charge is 0.480 e. The molecule has 0 spiro atoms. The van der Waals surface area contributed by atoms with Crippen molar-refractivity contribution in [2.75, 3.05) is 13.6 Å². The number of benzene rings is 1. The zero-order valence-electron chi connectivity index (χ0n) is 9.93. The number of aliphatic carboxylic acids is 1. The molecule has 1 rings (SSSR count). The van der Waals surface area contributed by atoms with E-state index in [2.05, 4.69) is 0 Å². The first-order chi connectivity index (χ1) is 8.00. The molecule has 0 aliphatic carbocycles. The molecule has 1 atom stereocenters. The van der Waals surface area contributed by atoms with Gasteiger partial charge in [0.2, 0.25) is 0 Å². The zero-order chi connectivity index (χ0) is 12.8. The Labute approximate surface area is 100 Å². The third kappa shape index (κ3) is 4.36. The van der Waals surface area contributed by atoms with Crippen LogP contribution in [-0.2, 0) is 4.79 Å². The molecule has 0 saturated carbocycles. The summed E-state index contributed by atoms with van der Waals surface area (Å²) in [5.41, 5.74) is 0.891. The number of carbonyl (C=O) groups is 1. The molecule has 0 aliphatic heterocycles. The first kappa shape index (κ1) is 13.4. The highest BCUT2D eigenvalue weighted by Crippen LogP contribution is 2.05. The molecule has 4 heteroatoms. The second-order valence-corrected chi connectivity index (χ2v) is 3.91. The third-order valence-electron chi connectivity index (χ3n) is 2.59. The molecule has 0 heterocycles.